The lowest BCUT2D eigenvalue weighted by Gasteiger charge is -2.21. The summed E-state index contributed by atoms with van der Waals surface area (Å²) >= 11 is 0. The van der Waals surface area contributed by atoms with Crippen LogP contribution in [-0.4, -0.2) is 49.0 Å². The molecule has 0 aliphatic heterocycles. The summed E-state index contributed by atoms with van der Waals surface area (Å²) in [7, 11) is 0. The molecule has 1 atom stereocenters. The van der Waals surface area contributed by atoms with Gasteiger partial charge in [0, 0.05) is 11.6 Å². The summed E-state index contributed by atoms with van der Waals surface area (Å²) in [6.07, 6.45) is 1.89. The van der Waals surface area contributed by atoms with Crippen molar-refractivity contribution in [1.29, 1.82) is 0 Å². The smallest absolute Gasteiger partial charge is 0.329 e. The molecule has 3 amide bonds. The van der Waals surface area contributed by atoms with Crippen molar-refractivity contribution >= 4 is 29.4 Å². The van der Waals surface area contributed by atoms with Crippen LogP contribution < -0.4 is 20.7 Å². The number of esters is 1. The summed E-state index contributed by atoms with van der Waals surface area (Å²) in [4.78, 5) is 50.1. The van der Waals surface area contributed by atoms with E-state index in [9.17, 15) is 19.2 Å². The Bertz CT molecular complexity index is 1060. The number of benzene rings is 2. The maximum atomic E-state index is 12.7. The van der Waals surface area contributed by atoms with Gasteiger partial charge in [0.1, 0.15) is 11.8 Å². The van der Waals surface area contributed by atoms with Crippen molar-refractivity contribution in [1.82, 2.24) is 10.6 Å². The number of rotatable bonds is 11. The molecular weight excluding hydrogens is 450 g/mol. The zero-order valence-electron chi connectivity index (χ0n) is 20.1. The predicted octanol–water partition coefficient (Wildman–Crippen LogP) is 2.91. The second-order valence-corrected chi connectivity index (χ2v) is 8.60. The molecule has 2 aromatic carbocycles. The first-order valence-corrected chi connectivity index (χ1v) is 11.7. The molecule has 35 heavy (non-hydrogen) atoms. The SMILES string of the molecule is CCOc1ccc(C(=O)N[C@H](C(=O)OCC(=O)Nc2ccccc2C(=O)NC2CC2)C(C)C)cc1. The van der Waals surface area contributed by atoms with E-state index in [0.29, 0.717) is 29.2 Å². The molecule has 0 bridgehead atoms. The van der Waals surface area contributed by atoms with Gasteiger partial charge in [-0.05, 0) is 62.1 Å². The lowest BCUT2D eigenvalue weighted by atomic mass is 10.0. The molecule has 1 aliphatic carbocycles. The molecule has 1 aliphatic rings. The van der Waals surface area contributed by atoms with Gasteiger partial charge in [-0.25, -0.2) is 4.79 Å². The quantitative estimate of drug-likeness (QED) is 0.424. The first-order chi connectivity index (χ1) is 16.8. The van der Waals surface area contributed by atoms with Crippen molar-refractivity contribution in [3.05, 3.63) is 59.7 Å². The molecule has 1 saturated carbocycles. The van der Waals surface area contributed by atoms with E-state index >= 15 is 0 Å². The summed E-state index contributed by atoms with van der Waals surface area (Å²) in [5, 5.41) is 8.16. The molecule has 1 fully saturated rings. The minimum Gasteiger partial charge on any atom is -0.494 e. The van der Waals surface area contributed by atoms with E-state index in [4.69, 9.17) is 9.47 Å². The minimum atomic E-state index is -0.946. The molecule has 0 spiro atoms. The Balaban J connectivity index is 1.55. The highest BCUT2D eigenvalue weighted by Gasteiger charge is 2.28. The van der Waals surface area contributed by atoms with Gasteiger partial charge < -0.3 is 25.4 Å². The fourth-order valence-corrected chi connectivity index (χ4v) is 3.29. The Hall–Kier alpha value is -3.88. The third kappa shape index (κ3) is 7.56. The lowest BCUT2D eigenvalue weighted by Crippen LogP contribution is -2.46. The molecule has 9 heteroatoms. The third-order valence-electron chi connectivity index (χ3n) is 5.34. The van der Waals surface area contributed by atoms with Gasteiger partial charge in [0.05, 0.1) is 17.9 Å². The Kier molecular flexibility index (Phi) is 8.83. The highest BCUT2D eigenvalue weighted by molar-refractivity contribution is 6.04. The molecule has 0 aromatic heterocycles. The van der Waals surface area contributed by atoms with Gasteiger partial charge in [-0.2, -0.15) is 0 Å². The number of carbonyl (C=O) groups is 4. The molecule has 3 rings (SSSR count). The number of para-hydroxylation sites is 1. The highest BCUT2D eigenvalue weighted by atomic mass is 16.5. The lowest BCUT2D eigenvalue weighted by molar-refractivity contribution is -0.150. The fourth-order valence-electron chi connectivity index (χ4n) is 3.29. The van der Waals surface area contributed by atoms with Gasteiger partial charge in [-0.3, -0.25) is 14.4 Å². The van der Waals surface area contributed by atoms with Crippen LogP contribution in [0.4, 0.5) is 5.69 Å². The van der Waals surface area contributed by atoms with Gasteiger partial charge in [0.15, 0.2) is 6.61 Å². The molecule has 2 aromatic rings. The van der Waals surface area contributed by atoms with Crippen molar-refractivity contribution in [2.75, 3.05) is 18.5 Å². The number of nitrogens with one attached hydrogen (secondary N) is 3. The van der Waals surface area contributed by atoms with E-state index < -0.39 is 30.4 Å². The topological polar surface area (TPSA) is 123 Å². The Morgan fingerprint density at radius 1 is 0.971 bits per heavy atom. The van der Waals surface area contributed by atoms with Crippen LogP contribution in [0.1, 0.15) is 54.3 Å². The summed E-state index contributed by atoms with van der Waals surface area (Å²) in [6, 6.07) is 12.4. The van der Waals surface area contributed by atoms with E-state index in [-0.39, 0.29) is 17.9 Å². The van der Waals surface area contributed by atoms with Gasteiger partial charge in [0.25, 0.3) is 17.7 Å². The van der Waals surface area contributed by atoms with E-state index in [1.165, 1.54) is 0 Å². The van der Waals surface area contributed by atoms with E-state index in [1.54, 1.807) is 62.4 Å². The van der Waals surface area contributed by atoms with Crippen LogP contribution in [0.5, 0.6) is 5.75 Å². The van der Waals surface area contributed by atoms with Crippen molar-refractivity contribution in [3.8, 4) is 5.75 Å². The Morgan fingerprint density at radius 2 is 1.66 bits per heavy atom. The molecule has 0 heterocycles. The third-order valence-corrected chi connectivity index (χ3v) is 5.34. The molecule has 0 unspecified atom stereocenters. The molecule has 9 nitrogen and oxygen atoms in total. The van der Waals surface area contributed by atoms with E-state index in [0.717, 1.165) is 12.8 Å². The van der Waals surface area contributed by atoms with Crippen LogP contribution >= 0.6 is 0 Å². The second-order valence-electron chi connectivity index (χ2n) is 8.60. The van der Waals surface area contributed by atoms with Crippen LogP contribution in [0.3, 0.4) is 0 Å². The maximum Gasteiger partial charge on any atom is 0.329 e. The largest absolute Gasteiger partial charge is 0.494 e. The fraction of sp³-hybridized carbons (Fsp3) is 0.385. The van der Waals surface area contributed by atoms with Crippen molar-refractivity contribution in [2.24, 2.45) is 5.92 Å². The molecular formula is C26H31N3O6. The summed E-state index contributed by atoms with van der Waals surface area (Å²) in [6.45, 7) is 5.35. The summed E-state index contributed by atoms with van der Waals surface area (Å²) < 4.78 is 10.5. The minimum absolute atomic E-state index is 0.179. The molecule has 0 saturated heterocycles. The number of ether oxygens (including phenoxy) is 2. The Morgan fingerprint density at radius 3 is 2.29 bits per heavy atom. The first-order valence-electron chi connectivity index (χ1n) is 11.7. The van der Waals surface area contributed by atoms with Crippen molar-refractivity contribution in [3.63, 3.8) is 0 Å². The monoisotopic (exact) mass is 481 g/mol. The molecule has 3 N–H and O–H groups in total. The van der Waals surface area contributed by atoms with Crippen LogP contribution in [-0.2, 0) is 14.3 Å². The van der Waals surface area contributed by atoms with Crippen molar-refractivity contribution < 1.29 is 28.7 Å². The number of amides is 3. The number of anilines is 1. The van der Waals surface area contributed by atoms with E-state index in [2.05, 4.69) is 16.0 Å². The van der Waals surface area contributed by atoms with Gasteiger partial charge in [-0.1, -0.05) is 26.0 Å². The van der Waals surface area contributed by atoms with Gasteiger partial charge in [0.2, 0.25) is 0 Å². The first kappa shape index (κ1) is 25.7. The molecule has 0 radical (unpaired) electrons. The maximum absolute atomic E-state index is 12.7. The average molecular weight is 482 g/mol. The van der Waals surface area contributed by atoms with Crippen molar-refractivity contribution in [2.45, 2.75) is 45.7 Å². The summed E-state index contributed by atoms with van der Waals surface area (Å²) in [5.74, 6) is -1.66. The normalized spacial score (nSPS) is 13.5. The van der Waals surface area contributed by atoms with E-state index in [1.807, 2.05) is 6.92 Å². The number of carbonyl (C=O) groups excluding carboxylic acids is 4. The zero-order chi connectivity index (χ0) is 25.4. The Labute approximate surface area is 204 Å². The predicted molar refractivity (Wildman–Crippen MR) is 130 cm³/mol. The van der Waals surface area contributed by atoms with Crippen LogP contribution in [0.25, 0.3) is 0 Å². The van der Waals surface area contributed by atoms with Crippen LogP contribution in [0, 0.1) is 5.92 Å². The second kappa shape index (κ2) is 12.0. The van der Waals surface area contributed by atoms with Gasteiger partial charge >= 0.3 is 5.97 Å². The van der Waals surface area contributed by atoms with Crippen LogP contribution in [0.15, 0.2) is 48.5 Å². The summed E-state index contributed by atoms with van der Waals surface area (Å²) in [5.41, 5.74) is 1.03. The molecule has 186 valence electrons. The standard InChI is InChI=1S/C26H31N3O6/c1-4-34-19-13-9-17(10-14-19)24(31)29-23(16(2)3)26(33)35-15-22(30)28-21-8-6-5-7-20(21)25(32)27-18-11-12-18/h5-10,13-14,16,18,23H,4,11-12,15H2,1-3H3,(H,27,32)(H,28,30)(H,29,31)/t23-/m0/s1. The highest BCUT2D eigenvalue weighted by Crippen LogP contribution is 2.21. The zero-order valence-corrected chi connectivity index (χ0v) is 20.1. The number of hydrogen-bond acceptors (Lipinski definition) is 6. The van der Waals surface area contributed by atoms with Crippen LogP contribution in [0.2, 0.25) is 0 Å². The number of hydrogen-bond donors (Lipinski definition) is 3. The average Bonchev–Trinajstić information content (AvgIpc) is 3.65. The van der Waals surface area contributed by atoms with Gasteiger partial charge in [-0.15, -0.1) is 0 Å².